The van der Waals surface area contributed by atoms with E-state index in [-0.39, 0.29) is 34.5 Å². The molecule has 0 radical (unpaired) electrons. The van der Waals surface area contributed by atoms with Crippen molar-refractivity contribution in [3.05, 3.63) is 11.6 Å². The van der Waals surface area contributed by atoms with Gasteiger partial charge in [0.15, 0.2) is 0 Å². The second-order valence-electron chi connectivity index (χ2n) is 11.7. The van der Waals surface area contributed by atoms with Crippen molar-refractivity contribution in [2.24, 2.45) is 34.5 Å². The summed E-state index contributed by atoms with van der Waals surface area (Å²) >= 11 is 0. The molecule has 4 aliphatic carbocycles. The van der Waals surface area contributed by atoms with Crippen LogP contribution in [-0.2, 0) is 19.1 Å². The van der Waals surface area contributed by atoms with Gasteiger partial charge in [0, 0.05) is 25.7 Å². The topological polar surface area (TPSA) is 52.6 Å². The lowest BCUT2D eigenvalue weighted by Gasteiger charge is -2.59. The molecule has 4 fully saturated rings. The van der Waals surface area contributed by atoms with Gasteiger partial charge in [0.05, 0.1) is 0 Å². The highest BCUT2D eigenvalue weighted by atomic mass is 16.6. The number of ether oxygens (including phenoxy) is 2. The van der Waals surface area contributed by atoms with E-state index in [9.17, 15) is 9.59 Å². The molecule has 5 rings (SSSR count). The minimum Gasteiger partial charge on any atom is -0.462 e. The number of allylic oxidation sites excluding steroid dienone is 1. The maximum Gasteiger partial charge on any atom is 0.306 e. The fourth-order valence-electron chi connectivity index (χ4n) is 8.92. The van der Waals surface area contributed by atoms with Crippen molar-refractivity contribution < 1.29 is 19.1 Å². The number of carbonyl (C=O) groups is 2. The van der Waals surface area contributed by atoms with Gasteiger partial charge in [-0.15, -0.1) is 0 Å². The van der Waals surface area contributed by atoms with Gasteiger partial charge in [-0.3, -0.25) is 9.59 Å². The summed E-state index contributed by atoms with van der Waals surface area (Å²) in [5.41, 5.74) is 1.85. The van der Waals surface area contributed by atoms with Crippen molar-refractivity contribution in [1.29, 1.82) is 0 Å². The lowest BCUT2D eigenvalue weighted by atomic mass is 9.46. The Bertz CT molecular complexity index is 786. The molecule has 1 heterocycles. The SMILES string of the molecule is CC(=O)O[C@@H]1CC[C@@]2(C)C(=CC[C@@H]3[C@H]4CC[C@H]([C@]5(C)CCC(=O)O5)[C@@]4(C)CC[C@H]32)C1. The molecule has 166 valence electrons. The number of fused-ring (bicyclic) bond motifs is 5. The average Bonchev–Trinajstić information content (AvgIpc) is 3.21. The van der Waals surface area contributed by atoms with Crippen molar-refractivity contribution in [1.82, 2.24) is 0 Å². The Morgan fingerprint density at radius 2 is 1.87 bits per heavy atom. The lowest BCUT2D eigenvalue weighted by molar-refractivity contribution is -0.159. The van der Waals surface area contributed by atoms with E-state index in [2.05, 4.69) is 26.8 Å². The van der Waals surface area contributed by atoms with Crippen LogP contribution in [0.25, 0.3) is 0 Å². The number of carbonyl (C=O) groups excluding carboxylic acids is 2. The van der Waals surface area contributed by atoms with Gasteiger partial charge in [0.2, 0.25) is 0 Å². The van der Waals surface area contributed by atoms with Crippen molar-refractivity contribution in [2.45, 2.75) is 104 Å². The van der Waals surface area contributed by atoms with Crippen molar-refractivity contribution >= 4 is 11.9 Å². The third-order valence-electron chi connectivity index (χ3n) is 10.3. The number of hydrogen-bond acceptors (Lipinski definition) is 4. The first kappa shape index (κ1) is 20.6. The number of rotatable bonds is 2. The van der Waals surface area contributed by atoms with Crippen molar-refractivity contribution in [3.8, 4) is 0 Å². The molecule has 0 aromatic rings. The normalized spacial score (nSPS) is 50.1. The summed E-state index contributed by atoms with van der Waals surface area (Å²) < 4.78 is 11.5. The second-order valence-corrected chi connectivity index (χ2v) is 11.7. The monoisotopic (exact) mass is 414 g/mol. The van der Waals surface area contributed by atoms with Crippen molar-refractivity contribution in [3.63, 3.8) is 0 Å². The molecule has 3 saturated carbocycles. The summed E-state index contributed by atoms with van der Waals surface area (Å²) in [4.78, 5) is 23.4. The number of cyclic esters (lactones) is 1. The van der Waals surface area contributed by atoms with Crippen LogP contribution in [0.15, 0.2) is 11.6 Å². The summed E-state index contributed by atoms with van der Waals surface area (Å²) in [6, 6.07) is 0. The van der Waals surface area contributed by atoms with Crippen LogP contribution in [0.5, 0.6) is 0 Å². The van der Waals surface area contributed by atoms with E-state index in [0.29, 0.717) is 12.3 Å². The van der Waals surface area contributed by atoms with Crippen LogP contribution in [0.4, 0.5) is 0 Å². The maximum absolute atomic E-state index is 11.9. The van der Waals surface area contributed by atoms with Gasteiger partial charge in [-0.05, 0) is 86.9 Å². The molecule has 4 nitrogen and oxygen atoms in total. The molecule has 0 aromatic heterocycles. The van der Waals surface area contributed by atoms with Crippen LogP contribution in [0, 0.1) is 34.5 Å². The van der Waals surface area contributed by atoms with Gasteiger partial charge in [-0.25, -0.2) is 0 Å². The van der Waals surface area contributed by atoms with E-state index in [1.807, 2.05) is 0 Å². The molecule has 0 amide bonds. The molecule has 0 aromatic carbocycles. The molecule has 0 spiro atoms. The molecule has 5 aliphatic rings. The Kier molecular flexibility index (Phi) is 4.69. The predicted molar refractivity (Wildman–Crippen MR) is 114 cm³/mol. The smallest absolute Gasteiger partial charge is 0.306 e. The number of esters is 2. The highest BCUT2D eigenvalue weighted by Crippen LogP contribution is 2.68. The summed E-state index contributed by atoms with van der Waals surface area (Å²) in [7, 11) is 0. The van der Waals surface area contributed by atoms with Crippen molar-refractivity contribution in [2.75, 3.05) is 0 Å². The van der Waals surface area contributed by atoms with Crippen LogP contribution in [0.1, 0.15) is 91.9 Å². The molecule has 0 unspecified atom stereocenters. The van der Waals surface area contributed by atoms with Gasteiger partial charge >= 0.3 is 11.9 Å². The zero-order chi connectivity index (χ0) is 21.3. The molecular weight excluding hydrogens is 376 g/mol. The van der Waals surface area contributed by atoms with E-state index in [1.54, 1.807) is 5.57 Å². The highest BCUT2D eigenvalue weighted by Gasteiger charge is 2.63. The minimum atomic E-state index is -0.255. The Hall–Kier alpha value is -1.32. The van der Waals surface area contributed by atoms with E-state index < -0.39 is 0 Å². The molecule has 1 aliphatic heterocycles. The fraction of sp³-hybridized carbons (Fsp3) is 0.846. The van der Waals surface area contributed by atoms with Crippen LogP contribution < -0.4 is 0 Å². The largest absolute Gasteiger partial charge is 0.462 e. The molecular formula is C26H38O4. The molecule has 4 heteroatoms. The summed E-state index contributed by atoms with van der Waals surface area (Å²) in [6.45, 7) is 8.75. The zero-order valence-electron chi connectivity index (χ0n) is 19.2. The maximum atomic E-state index is 11.9. The third kappa shape index (κ3) is 2.92. The van der Waals surface area contributed by atoms with E-state index in [1.165, 1.54) is 39.0 Å². The Labute approximate surface area is 181 Å². The minimum absolute atomic E-state index is 0.000489. The summed E-state index contributed by atoms with van der Waals surface area (Å²) in [6.07, 6.45) is 13.3. The van der Waals surface area contributed by atoms with Crippen LogP contribution in [0.2, 0.25) is 0 Å². The summed E-state index contributed by atoms with van der Waals surface area (Å²) in [5.74, 6) is 2.57. The highest BCUT2D eigenvalue weighted by molar-refractivity contribution is 5.72. The quantitative estimate of drug-likeness (QED) is 0.436. The van der Waals surface area contributed by atoms with E-state index in [4.69, 9.17) is 9.47 Å². The van der Waals surface area contributed by atoms with Crippen LogP contribution >= 0.6 is 0 Å². The first-order chi connectivity index (χ1) is 14.2. The van der Waals surface area contributed by atoms with Crippen LogP contribution in [0.3, 0.4) is 0 Å². The molecule has 30 heavy (non-hydrogen) atoms. The Morgan fingerprint density at radius 1 is 1.07 bits per heavy atom. The van der Waals surface area contributed by atoms with Gasteiger partial charge < -0.3 is 9.47 Å². The lowest BCUT2D eigenvalue weighted by Crippen LogP contribution is -2.53. The third-order valence-corrected chi connectivity index (χ3v) is 10.3. The zero-order valence-corrected chi connectivity index (χ0v) is 19.2. The first-order valence-corrected chi connectivity index (χ1v) is 12.2. The number of hydrogen-bond donors (Lipinski definition) is 0. The second kappa shape index (κ2) is 6.84. The average molecular weight is 415 g/mol. The van der Waals surface area contributed by atoms with Gasteiger partial charge in [-0.2, -0.15) is 0 Å². The molecule has 8 atom stereocenters. The summed E-state index contributed by atoms with van der Waals surface area (Å²) in [5, 5.41) is 0. The Balaban J connectivity index is 1.39. The fourth-order valence-corrected chi connectivity index (χ4v) is 8.92. The van der Waals surface area contributed by atoms with Gasteiger partial charge in [0.1, 0.15) is 11.7 Å². The van der Waals surface area contributed by atoms with Gasteiger partial charge in [0.25, 0.3) is 0 Å². The van der Waals surface area contributed by atoms with Gasteiger partial charge in [-0.1, -0.05) is 25.5 Å². The van der Waals surface area contributed by atoms with E-state index >= 15 is 0 Å². The predicted octanol–water partition coefficient (Wildman–Crippen LogP) is 5.59. The van der Waals surface area contributed by atoms with E-state index in [0.717, 1.165) is 43.4 Å². The molecule has 0 bridgehead atoms. The van der Waals surface area contributed by atoms with Crippen LogP contribution in [-0.4, -0.2) is 23.6 Å². The molecule has 0 N–H and O–H groups in total. The first-order valence-electron chi connectivity index (χ1n) is 12.2. The molecule has 1 saturated heterocycles. The standard InChI is InChI=1S/C26H38O4/c1-16(27)29-18-9-12-24(2)17(15-18)5-6-19-20-7-8-22(25(20,3)13-10-21(19)24)26(4)14-11-23(28)30-26/h5,18-22H,6-15H2,1-4H3/t18-,19-,20-,21-,22+,24+,25+,26+/m1/s1. The Morgan fingerprint density at radius 3 is 2.57 bits per heavy atom.